The average Bonchev–Trinajstić information content (AvgIpc) is 3.32. The highest BCUT2D eigenvalue weighted by Crippen LogP contribution is 2.25. The van der Waals surface area contributed by atoms with Crippen LogP contribution in [0.25, 0.3) is 0 Å². The Morgan fingerprint density at radius 1 is 1.35 bits per heavy atom. The van der Waals surface area contributed by atoms with Crippen LogP contribution in [0.3, 0.4) is 0 Å². The fourth-order valence-corrected chi connectivity index (χ4v) is 3.65. The third-order valence-electron chi connectivity index (χ3n) is 5.47. The van der Waals surface area contributed by atoms with Crippen LogP contribution in [0.2, 0.25) is 0 Å². The first-order valence-corrected chi connectivity index (χ1v) is 10.7. The number of furan rings is 1. The van der Waals surface area contributed by atoms with Crippen LogP contribution in [0.15, 0.2) is 46.1 Å². The number of amides is 1. The molecule has 31 heavy (non-hydrogen) atoms. The summed E-state index contributed by atoms with van der Waals surface area (Å²) >= 11 is 0. The Kier molecular flexibility index (Phi) is 7.51. The average molecular weight is 429 g/mol. The standard InChI is InChI=1S/C22H32N6O3/c1-3-24-21(27-15-22(2,30)18-7-5-13-31-18)26-14-17-6-4-10-25-20(17)28-11-8-16(9-12-28)19(23)29/h4-7,10,13,16,30H,3,8-9,11-12,14-15H2,1-2H3,(H2,23,29)(H2,24,26,27). The monoisotopic (exact) mass is 428 g/mol. The first-order chi connectivity index (χ1) is 14.9. The summed E-state index contributed by atoms with van der Waals surface area (Å²) < 4.78 is 5.33. The number of aliphatic hydroxyl groups is 1. The Hall–Kier alpha value is -3.07. The molecular formula is C22H32N6O3. The quantitative estimate of drug-likeness (QED) is 0.369. The van der Waals surface area contributed by atoms with E-state index < -0.39 is 5.60 Å². The number of nitrogens with one attached hydrogen (secondary N) is 2. The van der Waals surface area contributed by atoms with Gasteiger partial charge in [0, 0.05) is 37.3 Å². The lowest BCUT2D eigenvalue weighted by atomic mass is 9.96. The van der Waals surface area contributed by atoms with Gasteiger partial charge in [0.2, 0.25) is 5.91 Å². The van der Waals surface area contributed by atoms with Gasteiger partial charge < -0.3 is 30.8 Å². The van der Waals surface area contributed by atoms with Gasteiger partial charge in [0.25, 0.3) is 0 Å². The predicted octanol–water partition coefficient (Wildman–Crippen LogP) is 1.34. The molecule has 1 fully saturated rings. The molecule has 0 aromatic carbocycles. The second kappa shape index (κ2) is 10.3. The molecule has 0 radical (unpaired) electrons. The predicted molar refractivity (Wildman–Crippen MR) is 119 cm³/mol. The van der Waals surface area contributed by atoms with Crippen LogP contribution in [0.1, 0.15) is 38.0 Å². The van der Waals surface area contributed by atoms with E-state index in [0.717, 1.165) is 37.3 Å². The van der Waals surface area contributed by atoms with Crippen LogP contribution in [0, 0.1) is 5.92 Å². The zero-order valence-electron chi connectivity index (χ0n) is 18.2. The second-order valence-corrected chi connectivity index (χ2v) is 7.95. The number of pyridine rings is 1. The molecular weight excluding hydrogens is 396 g/mol. The molecule has 0 saturated carbocycles. The fraction of sp³-hybridized carbons (Fsp3) is 0.500. The molecule has 1 unspecified atom stereocenters. The zero-order valence-corrected chi connectivity index (χ0v) is 18.2. The minimum atomic E-state index is -1.16. The van der Waals surface area contributed by atoms with Gasteiger partial charge in [0.15, 0.2) is 5.96 Å². The summed E-state index contributed by atoms with van der Waals surface area (Å²) in [5, 5.41) is 17.0. The van der Waals surface area contributed by atoms with Crippen molar-refractivity contribution < 1.29 is 14.3 Å². The van der Waals surface area contributed by atoms with E-state index >= 15 is 0 Å². The van der Waals surface area contributed by atoms with E-state index in [0.29, 0.717) is 24.8 Å². The highest BCUT2D eigenvalue weighted by molar-refractivity contribution is 5.80. The number of aliphatic imine (C=N–C) groups is 1. The first-order valence-electron chi connectivity index (χ1n) is 10.7. The Bertz CT molecular complexity index is 873. The molecule has 3 heterocycles. The SMILES string of the molecule is CCNC(=NCc1cccnc1N1CCC(C(N)=O)CC1)NCC(C)(O)c1ccco1. The number of primary amides is 1. The highest BCUT2D eigenvalue weighted by atomic mass is 16.4. The fourth-order valence-electron chi connectivity index (χ4n) is 3.65. The Balaban J connectivity index is 1.66. The van der Waals surface area contributed by atoms with Crippen LogP contribution in [0.4, 0.5) is 5.82 Å². The van der Waals surface area contributed by atoms with Gasteiger partial charge in [-0.1, -0.05) is 6.07 Å². The molecule has 1 amide bonds. The van der Waals surface area contributed by atoms with E-state index in [4.69, 9.17) is 10.2 Å². The zero-order chi connectivity index (χ0) is 22.3. The van der Waals surface area contributed by atoms with Crippen LogP contribution in [-0.4, -0.2) is 48.1 Å². The molecule has 0 spiro atoms. The third kappa shape index (κ3) is 5.97. The second-order valence-electron chi connectivity index (χ2n) is 7.95. The van der Waals surface area contributed by atoms with E-state index in [-0.39, 0.29) is 18.4 Å². The highest BCUT2D eigenvalue weighted by Gasteiger charge is 2.27. The number of hydrogen-bond acceptors (Lipinski definition) is 6. The van der Waals surface area contributed by atoms with Gasteiger partial charge in [-0.2, -0.15) is 0 Å². The minimum Gasteiger partial charge on any atom is -0.466 e. The van der Waals surface area contributed by atoms with Crippen molar-refractivity contribution >= 4 is 17.7 Å². The van der Waals surface area contributed by atoms with Crippen LogP contribution < -0.4 is 21.3 Å². The number of guanidine groups is 1. The molecule has 2 aromatic heterocycles. The number of anilines is 1. The summed E-state index contributed by atoms with van der Waals surface area (Å²) in [6.45, 7) is 6.52. The Morgan fingerprint density at radius 3 is 2.77 bits per heavy atom. The van der Waals surface area contributed by atoms with E-state index in [2.05, 4.69) is 25.5 Å². The van der Waals surface area contributed by atoms with E-state index in [1.165, 1.54) is 0 Å². The lowest BCUT2D eigenvalue weighted by Gasteiger charge is -2.32. The normalized spacial score (nSPS) is 17.3. The van der Waals surface area contributed by atoms with Crippen molar-refractivity contribution in [1.82, 2.24) is 15.6 Å². The molecule has 1 saturated heterocycles. The van der Waals surface area contributed by atoms with Crippen LogP contribution in [-0.2, 0) is 16.9 Å². The molecule has 9 nitrogen and oxygen atoms in total. The smallest absolute Gasteiger partial charge is 0.220 e. The van der Waals surface area contributed by atoms with Crippen molar-refractivity contribution in [2.24, 2.45) is 16.6 Å². The number of nitrogens with zero attached hydrogens (tertiary/aromatic N) is 3. The van der Waals surface area contributed by atoms with Crippen molar-refractivity contribution in [3.8, 4) is 0 Å². The number of aromatic nitrogens is 1. The van der Waals surface area contributed by atoms with Gasteiger partial charge in [0.1, 0.15) is 17.2 Å². The molecule has 168 valence electrons. The van der Waals surface area contributed by atoms with Crippen molar-refractivity contribution in [3.63, 3.8) is 0 Å². The topological polar surface area (TPSA) is 129 Å². The lowest BCUT2D eigenvalue weighted by Crippen LogP contribution is -2.44. The van der Waals surface area contributed by atoms with Gasteiger partial charge in [-0.15, -0.1) is 0 Å². The molecule has 1 aliphatic rings. The molecule has 5 N–H and O–H groups in total. The van der Waals surface area contributed by atoms with Crippen molar-refractivity contribution in [2.75, 3.05) is 31.1 Å². The number of carbonyl (C=O) groups is 1. The maximum atomic E-state index is 11.4. The summed E-state index contributed by atoms with van der Waals surface area (Å²) in [5.41, 5.74) is 5.28. The molecule has 1 aliphatic heterocycles. The van der Waals surface area contributed by atoms with Gasteiger partial charge in [-0.05, 0) is 44.9 Å². The van der Waals surface area contributed by atoms with Crippen molar-refractivity contribution in [3.05, 3.63) is 48.0 Å². The van der Waals surface area contributed by atoms with Crippen molar-refractivity contribution in [2.45, 2.75) is 38.8 Å². The van der Waals surface area contributed by atoms with Gasteiger partial charge >= 0.3 is 0 Å². The van der Waals surface area contributed by atoms with E-state index in [9.17, 15) is 9.90 Å². The van der Waals surface area contributed by atoms with E-state index in [1.54, 1.807) is 31.5 Å². The summed E-state index contributed by atoms with van der Waals surface area (Å²) in [5.74, 6) is 1.68. The van der Waals surface area contributed by atoms with Crippen molar-refractivity contribution in [1.29, 1.82) is 0 Å². The number of hydrogen-bond donors (Lipinski definition) is 4. The number of carbonyl (C=O) groups excluding carboxylic acids is 1. The van der Waals surface area contributed by atoms with E-state index in [1.807, 2.05) is 19.1 Å². The van der Waals surface area contributed by atoms with Gasteiger partial charge in [0.05, 0.1) is 19.4 Å². The Morgan fingerprint density at radius 2 is 2.13 bits per heavy atom. The largest absolute Gasteiger partial charge is 0.466 e. The van der Waals surface area contributed by atoms with Gasteiger partial charge in [-0.3, -0.25) is 4.79 Å². The summed E-state index contributed by atoms with van der Waals surface area (Å²) in [7, 11) is 0. The molecule has 1 atom stereocenters. The molecule has 2 aromatic rings. The third-order valence-corrected chi connectivity index (χ3v) is 5.47. The number of rotatable bonds is 8. The number of piperidine rings is 1. The number of nitrogens with two attached hydrogens (primary N) is 1. The molecule has 9 heteroatoms. The maximum Gasteiger partial charge on any atom is 0.220 e. The Labute approximate surface area is 182 Å². The lowest BCUT2D eigenvalue weighted by molar-refractivity contribution is -0.122. The van der Waals surface area contributed by atoms with Crippen LogP contribution >= 0.6 is 0 Å². The summed E-state index contributed by atoms with van der Waals surface area (Å²) in [6.07, 6.45) is 4.79. The minimum absolute atomic E-state index is 0.0621. The molecule has 0 aliphatic carbocycles. The summed E-state index contributed by atoms with van der Waals surface area (Å²) in [6, 6.07) is 7.40. The first kappa shape index (κ1) is 22.6. The van der Waals surface area contributed by atoms with Gasteiger partial charge in [-0.25, -0.2) is 9.98 Å². The maximum absolute atomic E-state index is 11.4. The molecule has 3 rings (SSSR count). The molecule has 0 bridgehead atoms. The summed E-state index contributed by atoms with van der Waals surface area (Å²) in [4.78, 5) is 22.9. The van der Waals surface area contributed by atoms with Crippen LogP contribution in [0.5, 0.6) is 0 Å².